The Balaban J connectivity index is 1.69. The largest absolute Gasteiger partial charge is 0.452 e. The number of hydrogen-bond acceptors (Lipinski definition) is 5. The van der Waals surface area contributed by atoms with Gasteiger partial charge >= 0.3 is 11.6 Å². The van der Waals surface area contributed by atoms with Crippen LogP contribution in [0.25, 0.3) is 11.0 Å². The van der Waals surface area contributed by atoms with E-state index in [9.17, 15) is 14.4 Å². The van der Waals surface area contributed by atoms with Gasteiger partial charge in [-0.1, -0.05) is 35.9 Å². The van der Waals surface area contributed by atoms with Crippen molar-refractivity contribution in [1.82, 2.24) is 0 Å². The van der Waals surface area contributed by atoms with Gasteiger partial charge in [0.25, 0.3) is 5.91 Å². The fourth-order valence-corrected chi connectivity index (χ4v) is 2.50. The number of fused-ring (bicyclic) bond motifs is 1. The minimum atomic E-state index is -0.928. The van der Waals surface area contributed by atoms with E-state index < -0.39 is 24.1 Å². The van der Waals surface area contributed by atoms with Crippen molar-refractivity contribution in [1.29, 1.82) is 0 Å². The van der Waals surface area contributed by atoms with E-state index in [-0.39, 0.29) is 5.56 Å². The molecule has 3 rings (SSSR count). The van der Waals surface area contributed by atoms with Gasteiger partial charge in [-0.15, -0.1) is 0 Å². The molecule has 0 unspecified atom stereocenters. The van der Waals surface area contributed by atoms with E-state index in [2.05, 4.69) is 5.32 Å². The molecule has 3 aromatic rings. The molecule has 0 aliphatic heterocycles. The molecule has 1 N–H and O–H groups in total. The molecule has 6 nitrogen and oxygen atoms in total. The topological polar surface area (TPSA) is 85.6 Å². The van der Waals surface area contributed by atoms with Gasteiger partial charge in [0.1, 0.15) is 11.1 Å². The van der Waals surface area contributed by atoms with E-state index in [1.807, 2.05) is 0 Å². The number of carbonyl (C=O) groups excluding carboxylic acids is 2. The van der Waals surface area contributed by atoms with Crippen LogP contribution in [0, 0.1) is 6.92 Å². The Bertz CT molecular complexity index is 1060. The number of benzene rings is 2. The van der Waals surface area contributed by atoms with Gasteiger partial charge in [0, 0.05) is 16.1 Å². The Morgan fingerprint density at radius 3 is 2.73 bits per heavy atom. The van der Waals surface area contributed by atoms with Gasteiger partial charge in [-0.3, -0.25) is 4.79 Å². The van der Waals surface area contributed by atoms with Crippen molar-refractivity contribution in [3.05, 3.63) is 75.1 Å². The Morgan fingerprint density at radius 1 is 1.15 bits per heavy atom. The monoisotopic (exact) mass is 371 g/mol. The van der Waals surface area contributed by atoms with Crippen LogP contribution in [0.3, 0.4) is 0 Å². The van der Waals surface area contributed by atoms with Crippen molar-refractivity contribution < 1.29 is 18.7 Å². The summed E-state index contributed by atoms with van der Waals surface area (Å²) in [6.07, 6.45) is 0. The SMILES string of the molecule is Cc1ccc(Cl)cc1NC(=O)COC(=O)c1cc2ccccc2oc1=O. The minimum absolute atomic E-state index is 0.268. The lowest BCUT2D eigenvalue weighted by Gasteiger charge is -2.09. The molecule has 7 heteroatoms. The Morgan fingerprint density at radius 2 is 1.92 bits per heavy atom. The maximum absolute atomic E-state index is 12.1. The molecular formula is C19H14ClNO5. The highest BCUT2D eigenvalue weighted by atomic mass is 35.5. The fraction of sp³-hybridized carbons (Fsp3) is 0.105. The number of aryl methyl sites for hydroxylation is 1. The summed E-state index contributed by atoms with van der Waals surface area (Å²) in [5.74, 6) is -1.48. The van der Waals surface area contributed by atoms with Crippen LogP contribution < -0.4 is 10.9 Å². The maximum atomic E-state index is 12.1. The summed E-state index contributed by atoms with van der Waals surface area (Å²) in [5, 5.41) is 3.65. The summed E-state index contributed by atoms with van der Waals surface area (Å²) in [6.45, 7) is 1.26. The first-order valence-electron chi connectivity index (χ1n) is 7.70. The summed E-state index contributed by atoms with van der Waals surface area (Å²) in [7, 11) is 0. The Hall–Kier alpha value is -3.12. The number of rotatable bonds is 4. The number of hydrogen-bond donors (Lipinski definition) is 1. The van der Waals surface area contributed by atoms with E-state index in [0.717, 1.165) is 5.56 Å². The fourth-order valence-electron chi connectivity index (χ4n) is 2.33. The van der Waals surface area contributed by atoms with Crippen LogP contribution in [0.2, 0.25) is 5.02 Å². The average molecular weight is 372 g/mol. The highest BCUT2D eigenvalue weighted by molar-refractivity contribution is 6.31. The average Bonchev–Trinajstić information content (AvgIpc) is 2.62. The summed E-state index contributed by atoms with van der Waals surface area (Å²) < 4.78 is 9.99. The number of para-hydroxylation sites is 1. The molecule has 0 atom stereocenters. The molecule has 0 radical (unpaired) electrons. The van der Waals surface area contributed by atoms with Crippen molar-refractivity contribution in [2.45, 2.75) is 6.92 Å². The van der Waals surface area contributed by atoms with Crippen molar-refractivity contribution in [3.8, 4) is 0 Å². The second-order valence-corrected chi connectivity index (χ2v) is 6.01. The minimum Gasteiger partial charge on any atom is -0.452 e. The number of anilines is 1. The van der Waals surface area contributed by atoms with Gasteiger partial charge in [-0.05, 0) is 36.8 Å². The van der Waals surface area contributed by atoms with Crippen molar-refractivity contribution >= 4 is 40.1 Å². The lowest BCUT2D eigenvalue weighted by atomic mass is 10.2. The van der Waals surface area contributed by atoms with Gasteiger partial charge in [-0.25, -0.2) is 9.59 Å². The van der Waals surface area contributed by atoms with Crippen LogP contribution in [-0.4, -0.2) is 18.5 Å². The van der Waals surface area contributed by atoms with E-state index in [1.165, 1.54) is 6.07 Å². The van der Waals surface area contributed by atoms with Gasteiger partial charge in [0.05, 0.1) is 0 Å². The molecule has 0 saturated heterocycles. The van der Waals surface area contributed by atoms with E-state index in [4.69, 9.17) is 20.8 Å². The van der Waals surface area contributed by atoms with Crippen LogP contribution in [0.5, 0.6) is 0 Å². The van der Waals surface area contributed by atoms with Crippen LogP contribution >= 0.6 is 11.6 Å². The second kappa shape index (κ2) is 7.41. The standard InChI is InChI=1S/C19H14ClNO5/c1-11-6-7-13(20)9-15(11)21-17(22)10-25-18(23)14-8-12-4-2-3-5-16(12)26-19(14)24/h2-9H,10H2,1H3,(H,21,22). The third-order valence-electron chi connectivity index (χ3n) is 3.67. The predicted molar refractivity (Wildman–Crippen MR) is 97.6 cm³/mol. The molecule has 132 valence electrons. The summed E-state index contributed by atoms with van der Waals surface area (Å²) >= 11 is 5.89. The highest BCUT2D eigenvalue weighted by Gasteiger charge is 2.17. The van der Waals surface area contributed by atoms with Crippen LogP contribution in [0.4, 0.5) is 5.69 Å². The number of halogens is 1. The van der Waals surface area contributed by atoms with E-state index in [1.54, 1.807) is 49.4 Å². The van der Waals surface area contributed by atoms with Crippen LogP contribution in [-0.2, 0) is 9.53 Å². The zero-order valence-corrected chi connectivity index (χ0v) is 14.5. The summed E-state index contributed by atoms with van der Waals surface area (Å²) in [4.78, 5) is 36.0. The summed E-state index contributed by atoms with van der Waals surface area (Å²) in [5.41, 5.74) is 0.603. The van der Waals surface area contributed by atoms with Gasteiger partial charge in [0.15, 0.2) is 6.61 Å². The second-order valence-electron chi connectivity index (χ2n) is 5.57. The molecule has 26 heavy (non-hydrogen) atoms. The van der Waals surface area contributed by atoms with Gasteiger partial charge in [0.2, 0.25) is 0 Å². The molecule has 0 saturated carbocycles. The van der Waals surface area contributed by atoms with Gasteiger partial charge < -0.3 is 14.5 Å². The quantitative estimate of drug-likeness (QED) is 0.560. The van der Waals surface area contributed by atoms with E-state index in [0.29, 0.717) is 21.7 Å². The number of nitrogens with one attached hydrogen (secondary N) is 1. The smallest absolute Gasteiger partial charge is 0.351 e. The predicted octanol–water partition coefficient (Wildman–Crippen LogP) is 3.55. The number of esters is 1. The molecule has 0 aliphatic carbocycles. The molecule has 0 bridgehead atoms. The number of amides is 1. The van der Waals surface area contributed by atoms with Crippen LogP contribution in [0.15, 0.2) is 57.7 Å². The van der Waals surface area contributed by atoms with Crippen LogP contribution in [0.1, 0.15) is 15.9 Å². The Labute approximate surface area is 153 Å². The molecule has 2 aromatic carbocycles. The molecular weight excluding hydrogens is 358 g/mol. The molecule has 0 aliphatic rings. The zero-order chi connectivity index (χ0) is 18.7. The van der Waals surface area contributed by atoms with E-state index >= 15 is 0 Å². The lowest BCUT2D eigenvalue weighted by molar-refractivity contribution is -0.119. The molecule has 0 fully saturated rings. The van der Waals surface area contributed by atoms with Crippen molar-refractivity contribution in [2.75, 3.05) is 11.9 Å². The first kappa shape index (κ1) is 17.7. The molecule has 0 spiro atoms. The highest BCUT2D eigenvalue weighted by Crippen LogP contribution is 2.20. The zero-order valence-electron chi connectivity index (χ0n) is 13.7. The normalized spacial score (nSPS) is 10.5. The Kier molecular flexibility index (Phi) is 5.04. The lowest BCUT2D eigenvalue weighted by Crippen LogP contribution is -2.23. The van der Waals surface area contributed by atoms with Crippen molar-refractivity contribution in [3.63, 3.8) is 0 Å². The third kappa shape index (κ3) is 3.92. The first-order chi connectivity index (χ1) is 12.4. The maximum Gasteiger partial charge on any atom is 0.351 e. The molecule has 1 amide bonds. The van der Waals surface area contributed by atoms with Crippen molar-refractivity contribution in [2.24, 2.45) is 0 Å². The van der Waals surface area contributed by atoms with Gasteiger partial charge in [-0.2, -0.15) is 0 Å². The molecule has 1 aromatic heterocycles. The number of ether oxygens (including phenoxy) is 1. The third-order valence-corrected chi connectivity index (χ3v) is 3.90. The summed E-state index contributed by atoms with van der Waals surface area (Å²) in [6, 6.07) is 13.2. The first-order valence-corrected chi connectivity index (χ1v) is 8.08. The number of carbonyl (C=O) groups is 2. The molecule has 1 heterocycles.